The molecule has 0 aliphatic rings. The quantitative estimate of drug-likeness (QED) is 0.513. The van der Waals surface area contributed by atoms with Crippen molar-refractivity contribution in [3.05, 3.63) is 82.7 Å². The Kier molecular flexibility index (Phi) is 5.04. The second-order valence-corrected chi connectivity index (χ2v) is 6.65. The average Bonchev–Trinajstić information content (AvgIpc) is 3.14. The van der Waals surface area contributed by atoms with Gasteiger partial charge in [-0.2, -0.15) is 13.2 Å². The summed E-state index contributed by atoms with van der Waals surface area (Å²) < 4.78 is 39.4. The van der Waals surface area contributed by atoms with Crippen LogP contribution >= 0.6 is 11.3 Å². The van der Waals surface area contributed by atoms with Crippen molar-refractivity contribution in [2.24, 2.45) is 0 Å². The molecule has 3 aromatic rings. The Morgan fingerprint density at radius 1 is 1.00 bits per heavy atom. The summed E-state index contributed by atoms with van der Waals surface area (Å²) in [6.45, 7) is 0. The number of thiophene rings is 1. The van der Waals surface area contributed by atoms with Gasteiger partial charge < -0.3 is 4.79 Å². The molecule has 0 bridgehead atoms. The van der Waals surface area contributed by atoms with Gasteiger partial charge in [0.15, 0.2) is 0 Å². The molecule has 0 saturated carbocycles. The van der Waals surface area contributed by atoms with Crippen LogP contribution in [0.4, 0.5) is 13.2 Å². The fourth-order valence-electron chi connectivity index (χ4n) is 2.79. The van der Waals surface area contributed by atoms with E-state index in [0.29, 0.717) is 5.56 Å². The molecule has 2 aromatic carbocycles. The molecule has 1 atom stereocenters. The smallest absolute Gasteiger partial charge is 0.303 e. The van der Waals surface area contributed by atoms with Crippen molar-refractivity contribution in [2.45, 2.75) is 18.5 Å². The second kappa shape index (κ2) is 7.23. The molecule has 1 heterocycles. The summed E-state index contributed by atoms with van der Waals surface area (Å²) in [6.07, 6.45) is -3.38. The summed E-state index contributed by atoms with van der Waals surface area (Å²) >= 11 is 1.46. The van der Waals surface area contributed by atoms with Crippen molar-refractivity contribution in [1.82, 2.24) is 0 Å². The Bertz CT molecular complexity index is 839. The van der Waals surface area contributed by atoms with Gasteiger partial charge in [-0.15, -0.1) is 11.3 Å². The zero-order valence-electron chi connectivity index (χ0n) is 13.2. The number of carbonyl (C=O) groups excluding carboxylic acids is 1. The lowest BCUT2D eigenvalue weighted by Gasteiger charge is -2.16. The van der Waals surface area contributed by atoms with Gasteiger partial charge in [-0.25, -0.2) is 0 Å². The van der Waals surface area contributed by atoms with Crippen LogP contribution in [0.3, 0.4) is 0 Å². The Labute approximate surface area is 147 Å². The van der Waals surface area contributed by atoms with E-state index in [4.69, 9.17) is 0 Å². The first-order chi connectivity index (χ1) is 12.0. The summed E-state index contributed by atoms with van der Waals surface area (Å²) in [7, 11) is 0. The van der Waals surface area contributed by atoms with Crippen molar-refractivity contribution >= 4 is 17.6 Å². The van der Waals surface area contributed by atoms with E-state index < -0.39 is 17.7 Å². The zero-order chi connectivity index (χ0) is 17.9. The predicted octanol–water partition coefficient (Wildman–Crippen LogP) is 5.96. The van der Waals surface area contributed by atoms with Crippen LogP contribution in [0.15, 0.2) is 66.0 Å². The molecule has 0 saturated heterocycles. The summed E-state index contributed by atoms with van der Waals surface area (Å²) in [5.41, 5.74) is 1.37. The van der Waals surface area contributed by atoms with Gasteiger partial charge in [-0.3, -0.25) is 0 Å². The molecule has 1 aromatic heterocycles. The van der Waals surface area contributed by atoms with Crippen LogP contribution < -0.4 is 0 Å². The maximum absolute atomic E-state index is 13.1. The van der Waals surface area contributed by atoms with E-state index >= 15 is 0 Å². The van der Waals surface area contributed by atoms with Gasteiger partial charge in [-0.05, 0) is 46.7 Å². The standard InChI is InChI=1S/C20H15F3OS/c21-20(22,23)17-8-9-18(19-7-4-10-25-19)15(12-17)11-16(13-24)14-5-2-1-3-6-14/h1-10,12-13,16H,11H2. The van der Waals surface area contributed by atoms with Crippen molar-refractivity contribution in [3.8, 4) is 10.4 Å². The minimum absolute atomic E-state index is 0.227. The van der Waals surface area contributed by atoms with Crippen molar-refractivity contribution < 1.29 is 18.0 Å². The minimum Gasteiger partial charge on any atom is -0.303 e. The van der Waals surface area contributed by atoms with Crippen LogP contribution in [0.5, 0.6) is 0 Å². The third-order valence-corrected chi connectivity index (χ3v) is 4.95. The van der Waals surface area contributed by atoms with E-state index in [0.717, 1.165) is 34.4 Å². The monoisotopic (exact) mass is 360 g/mol. The summed E-state index contributed by atoms with van der Waals surface area (Å²) in [4.78, 5) is 12.5. The van der Waals surface area contributed by atoms with Crippen molar-refractivity contribution in [3.63, 3.8) is 0 Å². The van der Waals surface area contributed by atoms with E-state index in [-0.39, 0.29) is 6.42 Å². The number of alkyl halides is 3. The Morgan fingerprint density at radius 2 is 1.76 bits per heavy atom. The van der Waals surface area contributed by atoms with E-state index in [1.165, 1.54) is 17.4 Å². The largest absolute Gasteiger partial charge is 0.416 e. The van der Waals surface area contributed by atoms with Gasteiger partial charge in [0.2, 0.25) is 0 Å². The van der Waals surface area contributed by atoms with Crippen molar-refractivity contribution in [1.29, 1.82) is 0 Å². The third kappa shape index (κ3) is 3.99. The second-order valence-electron chi connectivity index (χ2n) is 5.70. The summed E-state index contributed by atoms with van der Waals surface area (Å²) in [6, 6.07) is 16.6. The van der Waals surface area contributed by atoms with Crippen LogP contribution in [-0.2, 0) is 17.4 Å². The van der Waals surface area contributed by atoms with Crippen LogP contribution in [0, 0.1) is 0 Å². The number of rotatable bonds is 5. The lowest BCUT2D eigenvalue weighted by molar-refractivity contribution is -0.137. The van der Waals surface area contributed by atoms with Crippen LogP contribution in [0.25, 0.3) is 10.4 Å². The zero-order valence-corrected chi connectivity index (χ0v) is 14.0. The van der Waals surface area contributed by atoms with Gasteiger partial charge in [0, 0.05) is 10.8 Å². The third-order valence-electron chi connectivity index (χ3n) is 4.05. The summed E-state index contributed by atoms with van der Waals surface area (Å²) in [5, 5.41) is 1.88. The number of hydrogen-bond donors (Lipinski definition) is 0. The minimum atomic E-state index is -4.41. The maximum Gasteiger partial charge on any atom is 0.416 e. The van der Waals surface area contributed by atoms with Gasteiger partial charge in [0.25, 0.3) is 0 Å². The molecule has 0 aliphatic heterocycles. The molecular weight excluding hydrogens is 345 g/mol. The molecule has 5 heteroatoms. The fourth-order valence-corrected chi connectivity index (χ4v) is 3.58. The summed E-state index contributed by atoms with van der Waals surface area (Å²) in [5.74, 6) is -0.483. The molecule has 0 N–H and O–H groups in total. The first-order valence-electron chi connectivity index (χ1n) is 7.73. The Balaban J connectivity index is 2.04. The highest BCUT2D eigenvalue weighted by atomic mass is 32.1. The van der Waals surface area contributed by atoms with E-state index in [2.05, 4.69) is 0 Å². The molecule has 0 amide bonds. The highest BCUT2D eigenvalue weighted by Crippen LogP contribution is 2.36. The molecule has 1 unspecified atom stereocenters. The highest BCUT2D eigenvalue weighted by Gasteiger charge is 2.31. The van der Waals surface area contributed by atoms with Crippen LogP contribution in [-0.4, -0.2) is 6.29 Å². The van der Waals surface area contributed by atoms with E-state index in [1.54, 1.807) is 0 Å². The Hall–Kier alpha value is -2.40. The average molecular weight is 360 g/mol. The lowest BCUT2D eigenvalue weighted by Crippen LogP contribution is -2.09. The number of benzene rings is 2. The number of aldehydes is 1. The normalized spacial score (nSPS) is 12.8. The first-order valence-corrected chi connectivity index (χ1v) is 8.61. The number of halogens is 3. The maximum atomic E-state index is 13.1. The molecule has 0 aliphatic carbocycles. The molecule has 3 rings (SSSR count). The first kappa shape index (κ1) is 17.4. The molecule has 0 radical (unpaired) electrons. The topological polar surface area (TPSA) is 17.1 Å². The predicted molar refractivity (Wildman–Crippen MR) is 93.7 cm³/mol. The highest BCUT2D eigenvalue weighted by molar-refractivity contribution is 7.13. The molecule has 0 fully saturated rings. The van der Waals surface area contributed by atoms with Gasteiger partial charge in [0.1, 0.15) is 6.29 Å². The van der Waals surface area contributed by atoms with Gasteiger partial charge in [0.05, 0.1) is 5.56 Å². The van der Waals surface area contributed by atoms with Gasteiger partial charge in [-0.1, -0.05) is 42.5 Å². The van der Waals surface area contributed by atoms with Gasteiger partial charge >= 0.3 is 6.18 Å². The SMILES string of the molecule is O=CC(Cc1cc(C(F)(F)F)ccc1-c1cccs1)c1ccccc1. The lowest BCUT2D eigenvalue weighted by atomic mass is 9.89. The molecule has 25 heavy (non-hydrogen) atoms. The molecule has 0 spiro atoms. The molecule has 1 nitrogen and oxygen atoms in total. The Morgan fingerprint density at radius 3 is 2.36 bits per heavy atom. The molecular formula is C20H15F3OS. The van der Waals surface area contributed by atoms with Crippen LogP contribution in [0.2, 0.25) is 0 Å². The van der Waals surface area contributed by atoms with Crippen molar-refractivity contribution in [2.75, 3.05) is 0 Å². The number of hydrogen-bond acceptors (Lipinski definition) is 2. The number of carbonyl (C=O) groups is 1. The fraction of sp³-hybridized carbons (Fsp3) is 0.150. The molecule has 128 valence electrons. The van der Waals surface area contributed by atoms with E-state index in [9.17, 15) is 18.0 Å². The van der Waals surface area contributed by atoms with E-state index in [1.807, 2.05) is 47.8 Å². The van der Waals surface area contributed by atoms with Crippen LogP contribution in [0.1, 0.15) is 22.6 Å².